The zero-order valence-corrected chi connectivity index (χ0v) is 19.9. The molecule has 0 atom stereocenters. The minimum absolute atomic E-state index is 0.0450. The Kier molecular flexibility index (Phi) is 7.10. The number of nitrogens with one attached hydrogen (secondary N) is 1. The van der Waals surface area contributed by atoms with Crippen LogP contribution in [0.5, 0.6) is 5.75 Å². The first-order chi connectivity index (χ1) is 16.0. The van der Waals surface area contributed by atoms with E-state index < -0.39 is 23.5 Å². The van der Waals surface area contributed by atoms with Crippen LogP contribution in [0.25, 0.3) is 17.0 Å². The van der Waals surface area contributed by atoms with Gasteiger partial charge in [0.05, 0.1) is 5.52 Å². The highest BCUT2D eigenvalue weighted by molar-refractivity contribution is 6.01. The molecule has 0 fully saturated rings. The summed E-state index contributed by atoms with van der Waals surface area (Å²) in [5.41, 5.74) is 3.46. The maximum Gasteiger partial charge on any atom is 0.419 e. The van der Waals surface area contributed by atoms with Gasteiger partial charge in [0.25, 0.3) is 11.8 Å². The maximum atomic E-state index is 12.9. The maximum absolute atomic E-state index is 12.9. The van der Waals surface area contributed by atoms with Gasteiger partial charge in [-0.25, -0.2) is 9.80 Å². The monoisotopic (exact) mass is 463 g/mol. The normalized spacial score (nSPS) is 11.7. The van der Waals surface area contributed by atoms with Gasteiger partial charge in [-0.1, -0.05) is 24.3 Å². The Balaban J connectivity index is 1.85. The third-order valence-corrected chi connectivity index (χ3v) is 4.82. The van der Waals surface area contributed by atoms with E-state index in [1.807, 2.05) is 18.2 Å². The number of rotatable bonds is 4. The summed E-state index contributed by atoms with van der Waals surface area (Å²) in [6.45, 7) is 8.91. The number of nitrogens with zero attached hydrogens (tertiary/aromatic N) is 2. The average molecular weight is 464 g/mol. The lowest BCUT2D eigenvalue weighted by atomic mass is 10.1. The summed E-state index contributed by atoms with van der Waals surface area (Å²) < 4.78 is 6.91. The first-order valence-corrected chi connectivity index (χ1v) is 10.9. The summed E-state index contributed by atoms with van der Waals surface area (Å²) in [4.78, 5) is 38.2. The van der Waals surface area contributed by atoms with E-state index in [0.717, 1.165) is 5.39 Å². The molecule has 0 saturated heterocycles. The molecule has 3 rings (SSSR count). The van der Waals surface area contributed by atoms with Gasteiger partial charge in [0, 0.05) is 34.8 Å². The highest BCUT2D eigenvalue weighted by Gasteiger charge is 2.21. The Morgan fingerprint density at radius 1 is 1.09 bits per heavy atom. The number of hydrogen-bond acceptors (Lipinski definition) is 5. The lowest BCUT2D eigenvalue weighted by Gasteiger charge is -2.26. The number of hydrogen-bond donors (Lipinski definition) is 2. The molecule has 2 amide bonds. The van der Waals surface area contributed by atoms with Gasteiger partial charge in [-0.2, -0.15) is 0 Å². The molecule has 0 saturated carbocycles. The Bertz CT molecular complexity index is 1250. The van der Waals surface area contributed by atoms with Crippen molar-refractivity contribution in [3.05, 3.63) is 71.9 Å². The van der Waals surface area contributed by atoms with Crippen molar-refractivity contribution in [3.8, 4) is 5.75 Å². The number of fused-ring (bicyclic) bond motifs is 1. The van der Waals surface area contributed by atoms with Crippen LogP contribution >= 0.6 is 0 Å². The summed E-state index contributed by atoms with van der Waals surface area (Å²) >= 11 is 0. The van der Waals surface area contributed by atoms with E-state index in [-0.39, 0.29) is 17.4 Å². The summed E-state index contributed by atoms with van der Waals surface area (Å²) in [5.74, 6) is -1.01. The van der Waals surface area contributed by atoms with Gasteiger partial charge in [0.2, 0.25) is 0 Å². The second-order valence-corrected chi connectivity index (χ2v) is 9.08. The zero-order valence-electron chi connectivity index (χ0n) is 19.9. The molecule has 0 aliphatic carbocycles. The van der Waals surface area contributed by atoms with Crippen LogP contribution in [-0.2, 0) is 9.53 Å². The van der Waals surface area contributed by atoms with E-state index in [1.54, 1.807) is 65.1 Å². The predicted octanol–water partition coefficient (Wildman–Crippen LogP) is 4.73. The number of phenolic OH excluding ortho intramolecular Hbond substituents is 1. The van der Waals surface area contributed by atoms with Crippen LogP contribution in [0.1, 0.15) is 50.5 Å². The molecule has 2 aromatic carbocycles. The van der Waals surface area contributed by atoms with E-state index in [2.05, 4.69) is 5.43 Å². The summed E-state index contributed by atoms with van der Waals surface area (Å²) in [7, 11) is 0. The molecule has 3 aromatic rings. The minimum atomic E-state index is -0.653. The molecule has 1 aromatic heterocycles. The molecule has 178 valence electrons. The number of carbonyl (C=O) groups is 3. The zero-order chi connectivity index (χ0) is 25.0. The molecule has 0 aliphatic heterocycles. The highest BCUT2D eigenvalue weighted by Crippen LogP contribution is 2.24. The number of aromatic nitrogens is 1. The molecule has 34 heavy (non-hydrogen) atoms. The topological polar surface area (TPSA) is 101 Å². The van der Waals surface area contributed by atoms with Crippen LogP contribution in [0.2, 0.25) is 0 Å². The molecular formula is C26H29N3O5. The molecule has 0 unspecified atom stereocenters. The lowest BCUT2D eigenvalue weighted by Crippen LogP contribution is -2.49. The van der Waals surface area contributed by atoms with Crippen LogP contribution in [0, 0.1) is 0 Å². The van der Waals surface area contributed by atoms with Crippen LogP contribution in [-0.4, -0.2) is 44.2 Å². The molecule has 1 heterocycles. The number of amides is 2. The summed E-state index contributed by atoms with van der Waals surface area (Å²) in [5, 5.41) is 11.6. The van der Waals surface area contributed by atoms with Gasteiger partial charge in [-0.15, -0.1) is 0 Å². The third kappa shape index (κ3) is 5.83. The van der Waals surface area contributed by atoms with E-state index in [1.165, 1.54) is 27.8 Å². The van der Waals surface area contributed by atoms with Crippen molar-refractivity contribution in [3.63, 3.8) is 0 Å². The van der Waals surface area contributed by atoms with Gasteiger partial charge in [-0.3, -0.25) is 19.6 Å². The van der Waals surface area contributed by atoms with Gasteiger partial charge in [0.15, 0.2) is 0 Å². The molecule has 0 radical (unpaired) electrons. The lowest BCUT2D eigenvalue weighted by molar-refractivity contribution is -0.130. The number of hydrazine groups is 1. The Hall–Kier alpha value is -4.07. The van der Waals surface area contributed by atoms with Crippen molar-refractivity contribution < 1.29 is 24.2 Å². The SMILES string of the molecule is CC(C)N(NC(=O)c1cccc(O)c1)C(=O)C=Cc1cn(C(=O)OC(C)(C)C)c2ccccc12. The standard InChI is InChI=1S/C26H29N3O5/c1-17(2)29(27-24(32)18-9-8-10-20(30)15-18)23(31)14-13-19-16-28(25(33)34-26(3,4)5)22-12-7-6-11-21(19)22/h6-17,30H,1-5H3,(H,27,32). The fourth-order valence-corrected chi connectivity index (χ4v) is 3.30. The van der Waals surface area contributed by atoms with Crippen molar-refractivity contribution in [2.45, 2.75) is 46.3 Å². The Morgan fingerprint density at radius 3 is 2.44 bits per heavy atom. The van der Waals surface area contributed by atoms with E-state index in [9.17, 15) is 19.5 Å². The number of carbonyl (C=O) groups excluding carboxylic acids is 3. The Labute approximate surface area is 198 Å². The second kappa shape index (κ2) is 9.82. The van der Waals surface area contributed by atoms with Crippen molar-refractivity contribution in [1.82, 2.24) is 15.0 Å². The van der Waals surface area contributed by atoms with E-state index >= 15 is 0 Å². The smallest absolute Gasteiger partial charge is 0.419 e. The van der Waals surface area contributed by atoms with E-state index in [0.29, 0.717) is 11.1 Å². The number of benzene rings is 2. The molecule has 0 aliphatic rings. The molecule has 8 nitrogen and oxygen atoms in total. The molecule has 0 spiro atoms. The fraction of sp³-hybridized carbons (Fsp3) is 0.269. The molecule has 2 N–H and O–H groups in total. The van der Waals surface area contributed by atoms with Gasteiger partial charge < -0.3 is 9.84 Å². The molecule has 8 heteroatoms. The fourth-order valence-electron chi connectivity index (χ4n) is 3.30. The van der Waals surface area contributed by atoms with Gasteiger partial charge in [-0.05, 0) is 65.0 Å². The molecular weight excluding hydrogens is 434 g/mol. The molecule has 0 bridgehead atoms. The van der Waals surface area contributed by atoms with E-state index in [4.69, 9.17) is 4.74 Å². The van der Waals surface area contributed by atoms with Crippen LogP contribution in [0.4, 0.5) is 4.79 Å². The Morgan fingerprint density at radius 2 is 1.79 bits per heavy atom. The number of para-hydroxylation sites is 1. The number of ether oxygens (including phenoxy) is 1. The first-order valence-electron chi connectivity index (χ1n) is 10.9. The van der Waals surface area contributed by atoms with Crippen molar-refractivity contribution in [2.24, 2.45) is 0 Å². The van der Waals surface area contributed by atoms with Crippen molar-refractivity contribution in [1.29, 1.82) is 0 Å². The summed E-state index contributed by atoms with van der Waals surface area (Å²) in [6.07, 6.45) is 4.04. The average Bonchev–Trinajstić information content (AvgIpc) is 3.13. The number of phenols is 1. The quantitative estimate of drug-likeness (QED) is 0.431. The van der Waals surface area contributed by atoms with Crippen molar-refractivity contribution in [2.75, 3.05) is 0 Å². The largest absolute Gasteiger partial charge is 0.508 e. The van der Waals surface area contributed by atoms with Crippen LogP contribution < -0.4 is 5.43 Å². The number of aromatic hydroxyl groups is 1. The van der Waals surface area contributed by atoms with Gasteiger partial charge in [0.1, 0.15) is 11.4 Å². The summed E-state index contributed by atoms with van der Waals surface area (Å²) in [6, 6.07) is 12.8. The predicted molar refractivity (Wildman–Crippen MR) is 130 cm³/mol. The highest BCUT2D eigenvalue weighted by atomic mass is 16.6. The van der Waals surface area contributed by atoms with Gasteiger partial charge >= 0.3 is 6.09 Å². The van der Waals surface area contributed by atoms with Crippen LogP contribution in [0.15, 0.2) is 60.8 Å². The van der Waals surface area contributed by atoms with Crippen molar-refractivity contribution >= 4 is 34.9 Å². The van der Waals surface area contributed by atoms with Crippen LogP contribution in [0.3, 0.4) is 0 Å². The second-order valence-electron chi connectivity index (χ2n) is 9.08. The minimum Gasteiger partial charge on any atom is -0.508 e. The third-order valence-electron chi connectivity index (χ3n) is 4.82. The first kappa shape index (κ1) is 24.6.